The monoisotopic (exact) mass is 852 g/mol. The minimum Gasteiger partial charge on any atom is -0.691 e. The first kappa shape index (κ1) is 45.9. The van der Waals surface area contributed by atoms with Gasteiger partial charge in [0.2, 0.25) is 5.91 Å². The lowest BCUT2D eigenvalue weighted by molar-refractivity contribution is -0.778. The number of carbonyl (C=O) groups excluding carboxylic acids is 3. The Bertz CT molecular complexity index is 1430. The molecule has 4 saturated carbocycles. The van der Waals surface area contributed by atoms with Crippen molar-refractivity contribution in [1.29, 1.82) is 0 Å². The van der Waals surface area contributed by atoms with Crippen molar-refractivity contribution in [1.82, 2.24) is 5.32 Å². The lowest BCUT2D eigenvalue weighted by atomic mass is 9.43. The first-order valence-corrected chi connectivity index (χ1v) is 20.3. The topological polar surface area (TPSA) is 285 Å². The van der Waals surface area contributed by atoms with Gasteiger partial charge < -0.3 is 50.7 Å². The van der Waals surface area contributed by atoms with Crippen LogP contribution in [-0.2, 0) is 65.2 Å². The zero-order valence-electron chi connectivity index (χ0n) is 31.9. The van der Waals surface area contributed by atoms with Crippen LogP contribution < -0.4 is 21.6 Å². The van der Waals surface area contributed by atoms with Crippen LogP contribution in [0.2, 0.25) is 0 Å². The Morgan fingerprint density at radius 2 is 1.72 bits per heavy atom. The van der Waals surface area contributed by atoms with Crippen LogP contribution in [0.25, 0.3) is 0 Å². The normalized spacial score (nSPS) is 37.3. The third kappa shape index (κ3) is 10.4. The minimum absolute atomic E-state index is 0.0386. The molecule has 0 aromatic carbocycles. The highest BCUT2D eigenvalue weighted by molar-refractivity contribution is 7.90. The summed E-state index contributed by atoms with van der Waals surface area (Å²) >= 11 is 0.0880. The molecule has 22 heteroatoms. The van der Waals surface area contributed by atoms with Gasteiger partial charge in [-0.2, -0.15) is 0 Å². The third-order valence-electron chi connectivity index (χ3n) is 12.5. The Morgan fingerprint density at radius 1 is 1.02 bits per heavy atom. The fraction of sp³-hybridized carbons (Fsp3) is 0.829. The number of aliphatic hydroxyl groups excluding tert-OH is 1. The molecule has 0 radical (unpaired) electrons. The highest BCUT2D eigenvalue weighted by Gasteiger charge is 2.67. The van der Waals surface area contributed by atoms with Crippen LogP contribution in [0.1, 0.15) is 85.0 Å². The van der Waals surface area contributed by atoms with Crippen LogP contribution in [0.4, 0.5) is 0 Å². The number of nitrogens with two attached hydrogens (primary N) is 1. The van der Waals surface area contributed by atoms with Crippen molar-refractivity contribution in [3.63, 3.8) is 0 Å². The molecule has 2 bridgehead atoms. The number of fused-ring (bicyclic) bond motifs is 3. The molecule has 1 spiro atoms. The van der Waals surface area contributed by atoms with E-state index in [1.807, 2.05) is 0 Å². The van der Waals surface area contributed by atoms with E-state index < -0.39 is 90.1 Å². The van der Waals surface area contributed by atoms with E-state index in [2.05, 4.69) is 37.6 Å². The van der Waals surface area contributed by atoms with E-state index >= 15 is 0 Å². The molecule has 4 aliphatic carbocycles. The minimum atomic E-state index is -1.54. The maximum absolute atomic E-state index is 13.3. The molecule has 1 saturated heterocycles. The van der Waals surface area contributed by atoms with E-state index in [0.717, 1.165) is 24.8 Å². The summed E-state index contributed by atoms with van der Waals surface area (Å²) in [5.41, 5.74) is 5.11. The second kappa shape index (κ2) is 20.4. The zero-order valence-corrected chi connectivity index (χ0v) is 33.6. The Balaban J connectivity index is 1.47. The molecular weight excluding hydrogens is 801 g/mol. The molecule has 1 amide bonds. The summed E-state index contributed by atoms with van der Waals surface area (Å²) in [6.07, 6.45) is -5.38. The van der Waals surface area contributed by atoms with Gasteiger partial charge in [0, 0.05) is 18.3 Å². The number of aliphatic carboxylic acids is 1. The van der Waals surface area contributed by atoms with Crippen molar-refractivity contribution in [3.05, 3.63) is 12.2 Å². The van der Waals surface area contributed by atoms with Crippen molar-refractivity contribution < 1.29 is 86.0 Å². The SMILES string of the molecule is C=C1C2CCC3C4(C)CC(O[C@@H]5O[C@@H](COC(=O)CCC(=O)NCN)[C@@H](OSOO[O-])[C@@H](OSOO[O-])C5OC(=O)CC(C)C)CC(C(=O)O)C4CCC3(C2)[C@H]1O. The summed E-state index contributed by atoms with van der Waals surface area (Å²) in [5.74, 6) is -4.04. The molecule has 8 unspecified atom stereocenters. The largest absolute Gasteiger partial charge is 0.691 e. The number of carboxylic acid groups (broad SMARTS) is 1. The average molecular weight is 853 g/mol. The van der Waals surface area contributed by atoms with Gasteiger partial charge >= 0.3 is 17.9 Å². The first-order valence-electron chi connectivity index (χ1n) is 19.0. The molecule has 13 atom stereocenters. The van der Waals surface area contributed by atoms with Crippen LogP contribution in [-0.4, -0.2) is 90.2 Å². The molecule has 0 aromatic rings. The summed E-state index contributed by atoms with van der Waals surface area (Å²) in [6, 6.07) is 0. The van der Waals surface area contributed by atoms with Crippen LogP contribution in [0.3, 0.4) is 0 Å². The lowest BCUT2D eigenvalue weighted by Gasteiger charge is -2.62. The molecule has 1 aliphatic heterocycles. The molecule has 5 fully saturated rings. The second-order valence-corrected chi connectivity index (χ2v) is 17.1. The van der Waals surface area contributed by atoms with Gasteiger partial charge in [-0.15, -0.1) is 8.67 Å². The lowest BCUT2D eigenvalue weighted by Crippen LogP contribution is -2.63. The zero-order chi connectivity index (χ0) is 41.5. The molecule has 5 aliphatic rings. The summed E-state index contributed by atoms with van der Waals surface area (Å²) < 4.78 is 44.3. The number of amides is 1. The molecule has 20 nitrogen and oxygen atoms in total. The summed E-state index contributed by atoms with van der Waals surface area (Å²) in [5, 5.41) is 52.8. The molecular formula is C35H52N2O18S2-2. The number of ether oxygens (including phenoxy) is 4. The number of aliphatic hydroxyl groups is 1. The van der Waals surface area contributed by atoms with Gasteiger partial charge in [-0.25, -0.2) is 0 Å². The van der Waals surface area contributed by atoms with Crippen LogP contribution in [0.15, 0.2) is 12.2 Å². The summed E-state index contributed by atoms with van der Waals surface area (Å²) in [6.45, 7) is 9.17. The fourth-order valence-corrected chi connectivity index (χ4v) is 11.1. The molecule has 0 aromatic heterocycles. The number of carboxylic acids is 1. The molecule has 324 valence electrons. The number of hydrogen-bond donors (Lipinski definition) is 4. The van der Waals surface area contributed by atoms with E-state index in [1.54, 1.807) is 13.8 Å². The molecule has 57 heavy (non-hydrogen) atoms. The summed E-state index contributed by atoms with van der Waals surface area (Å²) in [4.78, 5) is 50.9. The van der Waals surface area contributed by atoms with Gasteiger partial charge in [0.15, 0.2) is 37.0 Å². The predicted octanol–water partition coefficient (Wildman–Crippen LogP) is 0.998. The Labute approximate surface area is 338 Å². The standard InChI is InChI=1S/C35H54N2O18S2/c1-17(2)11-27(40)49-30-29(51-57-55-53-45)28(50-56-54-52-44)23(15-46-26(39)8-7-25(38)37-16-36)48-33(30)47-20-12-21(32(42)43)22-9-10-35-13-19(18(3)31(35)41)5-6-24(35)34(22,4)14-20/h17,19-24,28-31,33,41,44-45H,3,5-16,36H2,1-2,4H3,(H,37,38)(H,42,43)/p-2/t19?,20?,21?,22?,23-,24?,28+,29+,30?,31-,33+,34?,35?/m0/s1. The van der Waals surface area contributed by atoms with Crippen molar-refractivity contribution >= 4 is 48.5 Å². The number of hydrogen-bond acceptors (Lipinski definition) is 20. The number of nitrogens with one attached hydrogen (secondary N) is 1. The highest BCUT2D eigenvalue weighted by Crippen LogP contribution is 2.70. The van der Waals surface area contributed by atoms with Crippen molar-refractivity contribution in [2.75, 3.05) is 13.3 Å². The smallest absolute Gasteiger partial charge is 0.306 e. The Hall–Kier alpha value is -2.16. The van der Waals surface area contributed by atoms with Gasteiger partial charge in [-0.3, -0.25) is 37.6 Å². The van der Waals surface area contributed by atoms with E-state index in [4.69, 9.17) is 33.0 Å². The third-order valence-corrected chi connectivity index (χ3v) is 13.4. The number of rotatable bonds is 20. The van der Waals surface area contributed by atoms with Gasteiger partial charge in [0.05, 0.1) is 31.2 Å². The second-order valence-electron chi connectivity index (χ2n) is 16.1. The maximum Gasteiger partial charge on any atom is 0.306 e. The first-order chi connectivity index (χ1) is 27.2. The van der Waals surface area contributed by atoms with Gasteiger partial charge in [-0.05, 0) is 79.6 Å². The van der Waals surface area contributed by atoms with E-state index in [1.165, 1.54) is 0 Å². The van der Waals surface area contributed by atoms with Gasteiger partial charge in [-0.1, -0.05) is 27.4 Å². The van der Waals surface area contributed by atoms with Crippen molar-refractivity contribution in [3.8, 4) is 0 Å². The molecule has 5 rings (SSSR count). The van der Waals surface area contributed by atoms with Crippen LogP contribution in [0.5, 0.6) is 0 Å². The Kier molecular flexibility index (Phi) is 16.4. The van der Waals surface area contributed by atoms with Crippen molar-refractivity contribution in [2.24, 2.45) is 46.2 Å². The van der Waals surface area contributed by atoms with Gasteiger partial charge in [0.1, 0.15) is 24.9 Å². The van der Waals surface area contributed by atoms with E-state index in [9.17, 15) is 39.9 Å². The average Bonchev–Trinajstić information content (AvgIpc) is 3.33. The van der Waals surface area contributed by atoms with E-state index in [0.29, 0.717) is 19.3 Å². The maximum atomic E-state index is 13.3. The number of carbonyl (C=O) groups is 4. The predicted molar refractivity (Wildman–Crippen MR) is 189 cm³/mol. The van der Waals surface area contributed by atoms with E-state index in [-0.39, 0.29) is 80.7 Å². The van der Waals surface area contributed by atoms with Crippen molar-refractivity contribution in [2.45, 2.75) is 128 Å². The van der Waals surface area contributed by atoms with Crippen LogP contribution in [0, 0.1) is 40.4 Å². The molecule has 1 heterocycles. The fourth-order valence-electron chi connectivity index (χ4n) is 10.3. The molecule has 5 N–H and O–H groups in total. The highest BCUT2D eigenvalue weighted by atomic mass is 32.2. The van der Waals surface area contributed by atoms with Crippen LogP contribution >= 0.6 is 24.6 Å². The number of esters is 2. The Morgan fingerprint density at radius 3 is 2.37 bits per heavy atom. The summed E-state index contributed by atoms with van der Waals surface area (Å²) in [7, 11) is 0. The quantitative estimate of drug-likeness (QED) is 0.0194. The van der Waals surface area contributed by atoms with Gasteiger partial charge in [0.25, 0.3) is 0 Å².